The summed E-state index contributed by atoms with van der Waals surface area (Å²) in [6.07, 6.45) is 26.1. The smallest absolute Gasteiger partial charge is 0.162 e. The van der Waals surface area contributed by atoms with E-state index < -0.39 is 0 Å². The van der Waals surface area contributed by atoms with Crippen LogP contribution in [0.2, 0.25) is 0 Å². The molecule has 12 rings (SSSR count). The van der Waals surface area contributed by atoms with E-state index in [-0.39, 0.29) is 0 Å². The molecule has 0 N–H and O–H groups in total. The van der Waals surface area contributed by atoms with Gasteiger partial charge in [-0.2, -0.15) is 0 Å². The van der Waals surface area contributed by atoms with Crippen molar-refractivity contribution in [2.24, 2.45) is 0 Å². The van der Waals surface area contributed by atoms with Gasteiger partial charge in [0.1, 0.15) is 10.8 Å². The van der Waals surface area contributed by atoms with Gasteiger partial charge in [-0.1, -0.05) is 153 Å². The molecule has 0 aliphatic heterocycles. The highest BCUT2D eigenvalue weighted by molar-refractivity contribution is 7.22. The average molecular weight is 1310 g/mol. The molecule has 0 saturated carbocycles. The van der Waals surface area contributed by atoms with E-state index in [1.807, 2.05) is 177 Å². The van der Waals surface area contributed by atoms with Crippen molar-refractivity contribution in [1.82, 2.24) is 29.9 Å². The molecule has 0 fully saturated rings. The molecule has 0 aliphatic rings. The Morgan fingerprint density at radius 1 is 0.337 bits per heavy atom. The predicted molar refractivity (Wildman–Crippen MR) is 381 cm³/mol. The fraction of sp³-hybridized carbons (Fsp3) is 0.354. The number of rotatable bonds is 15. The van der Waals surface area contributed by atoms with Gasteiger partial charge in [0.25, 0.3) is 0 Å². The molecule has 0 aromatic carbocycles. The molecular formula is C65H88N6O2S10. The Kier molecular flexibility index (Phi) is 48.3. The first kappa shape index (κ1) is 76.2. The van der Waals surface area contributed by atoms with E-state index in [4.69, 9.17) is 8.83 Å². The van der Waals surface area contributed by atoms with Crippen molar-refractivity contribution < 1.29 is 8.83 Å². The highest BCUT2D eigenvalue weighted by atomic mass is 32.1. The van der Waals surface area contributed by atoms with Gasteiger partial charge < -0.3 is 8.83 Å². The number of unbranched alkanes of at least 4 members (excludes halogenated alkanes) is 5. The van der Waals surface area contributed by atoms with Crippen LogP contribution in [0.25, 0.3) is 60.6 Å². The van der Waals surface area contributed by atoms with Gasteiger partial charge in [0.2, 0.25) is 0 Å². The largest absolute Gasteiger partial charge is 0.463 e. The van der Waals surface area contributed by atoms with Crippen molar-refractivity contribution in [1.29, 1.82) is 0 Å². The van der Waals surface area contributed by atoms with Gasteiger partial charge in [-0.3, -0.25) is 9.97 Å². The SMILES string of the molecule is CC.CC.CC.CC.CC.CC.CCCCCCc1ncc(-c2cccs2)s1.CCCCCc1ncc(-c2cccs2)s1.c1coc(-c2cncs2)c1.c1coc(-c2nccs2)c1.c1csc(-c2cncs2)c1.c1csc(-c2nccs2)c1. The minimum absolute atomic E-state index is 0.843. The second-order valence-corrected chi connectivity index (χ2v) is 24.4. The lowest BCUT2D eigenvalue weighted by atomic mass is 10.2. The summed E-state index contributed by atoms with van der Waals surface area (Å²) in [6.45, 7) is 28.5. The molecule has 0 amide bonds. The summed E-state index contributed by atoms with van der Waals surface area (Å²) in [5.74, 6) is 1.73. The van der Waals surface area contributed by atoms with Crippen molar-refractivity contribution in [3.63, 3.8) is 0 Å². The number of hydrogen-bond donors (Lipinski definition) is 0. The lowest BCUT2D eigenvalue weighted by Gasteiger charge is -1.95. The maximum atomic E-state index is 5.15. The quantitative estimate of drug-likeness (QED) is 0.0935. The van der Waals surface area contributed by atoms with Crippen LogP contribution in [0.5, 0.6) is 0 Å². The van der Waals surface area contributed by atoms with Crippen LogP contribution in [0.4, 0.5) is 0 Å². The summed E-state index contributed by atoms with van der Waals surface area (Å²) in [7, 11) is 0. The molecule has 83 heavy (non-hydrogen) atoms. The first-order valence-corrected chi connectivity index (χ1v) is 37.5. The molecular weight excluding hydrogens is 1220 g/mol. The zero-order chi connectivity index (χ0) is 61.0. The second-order valence-electron chi connectivity index (χ2n) is 14.8. The minimum Gasteiger partial charge on any atom is -0.463 e. The van der Waals surface area contributed by atoms with Gasteiger partial charge in [-0.15, -0.1) is 113 Å². The molecule has 12 aromatic heterocycles. The van der Waals surface area contributed by atoms with Gasteiger partial charge in [-0.05, 0) is 95.7 Å². The number of aryl methyl sites for hydroxylation is 2. The monoisotopic (exact) mass is 1300 g/mol. The summed E-state index contributed by atoms with van der Waals surface area (Å²) >= 11 is 17.3. The van der Waals surface area contributed by atoms with Crippen LogP contribution in [0, 0.1) is 0 Å². The van der Waals surface area contributed by atoms with Gasteiger partial charge in [0, 0.05) is 62.6 Å². The zero-order valence-corrected chi connectivity index (χ0v) is 59.3. The topological polar surface area (TPSA) is 104 Å². The van der Waals surface area contributed by atoms with Crippen molar-refractivity contribution in [2.75, 3.05) is 0 Å². The number of aromatic nitrogens is 6. The fourth-order valence-electron chi connectivity index (χ4n) is 6.15. The molecule has 0 spiro atoms. The molecule has 450 valence electrons. The summed E-state index contributed by atoms with van der Waals surface area (Å²) in [5, 5.41) is 16.9. The first-order chi connectivity index (χ1) is 41.2. The Labute approximate surface area is 538 Å². The Bertz CT molecular complexity index is 2630. The molecule has 0 atom stereocenters. The van der Waals surface area contributed by atoms with E-state index in [1.54, 1.807) is 121 Å². The molecule has 0 radical (unpaired) electrons. The van der Waals surface area contributed by atoms with E-state index in [1.165, 1.54) is 89.1 Å². The maximum Gasteiger partial charge on any atom is 0.162 e. The molecule has 0 saturated heterocycles. The summed E-state index contributed by atoms with van der Waals surface area (Å²) < 4.78 is 10.3. The van der Waals surface area contributed by atoms with Crippen LogP contribution in [-0.4, -0.2) is 29.9 Å². The van der Waals surface area contributed by atoms with Crippen molar-refractivity contribution in [3.05, 3.63) is 176 Å². The third-order valence-corrected chi connectivity index (χ3v) is 19.1. The Balaban J connectivity index is 0.000000484. The molecule has 12 aromatic rings. The average Bonchev–Trinajstić information content (AvgIpc) is 4.49. The van der Waals surface area contributed by atoms with Gasteiger partial charge >= 0.3 is 0 Å². The van der Waals surface area contributed by atoms with Crippen LogP contribution in [-0.2, 0) is 12.8 Å². The number of nitrogens with zero attached hydrogens (tertiary/aromatic N) is 6. The van der Waals surface area contributed by atoms with Crippen LogP contribution in [0.3, 0.4) is 0 Å². The third-order valence-electron chi connectivity index (χ3n) is 9.59. The first-order valence-electron chi connectivity index (χ1n) is 28.8. The molecule has 8 nitrogen and oxygen atoms in total. The van der Waals surface area contributed by atoms with E-state index in [9.17, 15) is 0 Å². The summed E-state index contributed by atoms with van der Waals surface area (Å²) in [4.78, 5) is 35.4. The fourth-order valence-corrected chi connectivity index (χ4v) is 13.8. The van der Waals surface area contributed by atoms with Crippen molar-refractivity contribution in [3.8, 4) is 60.6 Å². The van der Waals surface area contributed by atoms with Crippen molar-refractivity contribution in [2.45, 2.75) is 155 Å². The van der Waals surface area contributed by atoms with E-state index in [0.29, 0.717) is 0 Å². The number of thiophene rings is 4. The summed E-state index contributed by atoms with van der Waals surface area (Å²) in [6, 6.07) is 24.4. The van der Waals surface area contributed by atoms with E-state index in [2.05, 4.69) is 108 Å². The second kappa shape index (κ2) is 52.7. The molecule has 0 unspecified atom stereocenters. The lowest BCUT2D eigenvalue weighted by Crippen LogP contribution is -1.83. The lowest BCUT2D eigenvalue weighted by molar-refractivity contribution is 0.582. The van der Waals surface area contributed by atoms with Crippen LogP contribution in [0.1, 0.15) is 152 Å². The minimum atomic E-state index is 0.843. The van der Waals surface area contributed by atoms with E-state index in [0.717, 1.165) is 39.3 Å². The highest BCUT2D eigenvalue weighted by Crippen LogP contribution is 2.32. The predicted octanol–water partition coefficient (Wildman–Crippen LogP) is 26.3. The third kappa shape index (κ3) is 31.2. The number of thiazole rings is 6. The number of hydrogen-bond acceptors (Lipinski definition) is 18. The molecule has 12 heterocycles. The van der Waals surface area contributed by atoms with Gasteiger partial charge in [0.15, 0.2) is 10.8 Å². The summed E-state index contributed by atoms with van der Waals surface area (Å²) in [5.41, 5.74) is 3.65. The molecule has 0 aliphatic carbocycles. The molecule has 0 bridgehead atoms. The van der Waals surface area contributed by atoms with Crippen LogP contribution < -0.4 is 0 Å². The Morgan fingerprint density at radius 2 is 0.747 bits per heavy atom. The molecule has 18 heteroatoms. The zero-order valence-electron chi connectivity index (χ0n) is 51.1. The highest BCUT2D eigenvalue weighted by Gasteiger charge is 2.07. The normalized spacial score (nSPS) is 9.28. The van der Waals surface area contributed by atoms with Crippen LogP contribution in [0.15, 0.2) is 175 Å². The van der Waals surface area contributed by atoms with Gasteiger partial charge in [0.05, 0.1) is 57.9 Å². The van der Waals surface area contributed by atoms with Crippen LogP contribution >= 0.6 is 113 Å². The maximum absolute atomic E-state index is 5.15. The standard InChI is InChI=1S/C13H17NS2.C12H15NS2.2C7H5NOS.2C7H5NS2.6C2H6/c1-2-3-4-5-8-13-14-10-12(16-13)11-7-6-9-15-11;1-2-3-4-7-12-13-9-11(15-12)10-6-5-8-14-10;1-2-6(9-4-1)7-8-3-5-10-7;1-2-6(9-3-1)7-4-8-5-10-7;1-2-6(9-4-1)7-8-3-5-10-7;1-2-6(9-3-1)7-4-8-5-10-7;6*1-2/h6-7,9-10H,2-5,8H2,1H3;5-6,8-9H,2-4,7H2,1H3;4*1-5H;6*1-2H3. The number of furan rings is 2. The van der Waals surface area contributed by atoms with E-state index >= 15 is 0 Å². The van der Waals surface area contributed by atoms with Crippen molar-refractivity contribution >= 4 is 113 Å². The van der Waals surface area contributed by atoms with Gasteiger partial charge in [-0.25, -0.2) is 19.9 Å². The Morgan fingerprint density at radius 3 is 1.13 bits per heavy atom. The Hall–Kier alpha value is -4.86.